The van der Waals surface area contributed by atoms with Crippen LogP contribution >= 0.6 is 0 Å². The quantitative estimate of drug-likeness (QED) is 0.667. The zero-order chi connectivity index (χ0) is 16.9. The highest BCUT2D eigenvalue weighted by atomic mass is 19.1. The number of nitrogens with one attached hydrogen (secondary N) is 2. The van der Waals surface area contributed by atoms with E-state index in [1.54, 1.807) is 12.1 Å². The Bertz CT molecular complexity index is 852. The van der Waals surface area contributed by atoms with Crippen LogP contribution in [0.3, 0.4) is 0 Å². The van der Waals surface area contributed by atoms with Crippen LogP contribution in [-0.2, 0) is 6.54 Å². The summed E-state index contributed by atoms with van der Waals surface area (Å²) < 4.78 is 13.2. The molecule has 1 aromatic heterocycles. The molecule has 0 amide bonds. The van der Waals surface area contributed by atoms with Crippen molar-refractivity contribution in [3.8, 4) is 0 Å². The topological polar surface area (TPSA) is 88.8 Å². The van der Waals surface area contributed by atoms with Gasteiger partial charge in [0.2, 0.25) is 11.9 Å². The molecule has 3 aromatic rings. The van der Waals surface area contributed by atoms with Crippen LogP contribution in [0.4, 0.5) is 27.7 Å². The molecule has 0 unspecified atom stereocenters. The number of anilines is 4. The van der Waals surface area contributed by atoms with Gasteiger partial charge >= 0.3 is 0 Å². The molecule has 0 aliphatic heterocycles. The molecule has 0 spiro atoms. The zero-order valence-electron chi connectivity index (χ0n) is 13.1. The maximum atomic E-state index is 13.2. The van der Waals surface area contributed by atoms with Gasteiger partial charge in [0, 0.05) is 11.4 Å². The van der Waals surface area contributed by atoms with Crippen molar-refractivity contribution < 1.29 is 4.39 Å². The van der Waals surface area contributed by atoms with Gasteiger partial charge in [-0.15, -0.1) is 0 Å². The summed E-state index contributed by atoms with van der Waals surface area (Å²) in [7, 11) is 0. The monoisotopic (exact) mass is 324 g/mol. The van der Waals surface area contributed by atoms with Crippen LogP contribution in [0.2, 0.25) is 0 Å². The molecule has 0 radical (unpaired) electrons. The highest BCUT2D eigenvalue weighted by Gasteiger charge is 2.06. The first-order chi connectivity index (χ1) is 11.6. The van der Waals surface area contributed by atoms with Gasteiger partial charge in [0.05, 0.1) is 6.54 Å². The van der Waals surface area contributed by atoms with Crippen LogP contribution < -0.4 is 16.4 Å². The van der Waals surface area contributed by atoms with Gasteiger partial charge in [-0.05, 0) is 36.8 Å². The third-order valence-corrected chi connectivity index (χ3v) is 3.37. The number of aryl methyl sites for hydroxylation is 1. The number of hydrogen-bond acceptors (Lipinski definition) is 6. The number of hydrogen-bond donors (Lipinski definition) is 3. The summed E-state index contributed by atoms with van der Waals surface area (Å²) in [5.41, 5.74) is 8.36. The van der Waals surface area contributed by atoms with Crippen LogP contribution in [0.25, 0.3) is 0 Å². The largest absolute Gasteiger partial charge is 0.378 e. The summed E-state index contributed by atoms with van der Waals surface area (Å²) in [6, 6.07) is 14.0. The Balaban J connectivity index is 1.75. The Hall–Kier alpha value is -3.22. The van der Waals surface area contributed by atoms with Crippen molar-refractivity contribution in [1.82, 2.24) is 15.0 Å². The summed E-state index contributed by atoms with van der Waals surface area (Å²) in [5, 5.41) is 6.19. The molecule has 0 saturated carbocycles. The number of halogens is 1. The minimum absolute atomic E-state index is 0.122. The summed E-state index contributed by atoms with van der Waals surface area (Å²) in [6.07, 6.45) is 0. The molecule has 122 valence electrons. The zero-order valence-corrected chi connectivity index (χ0v) is 13.1. The van der Waals surface area contributed by atoms with Crippen LogP contribution in [-0.4, -0.2) is 15.0 Å². The van der Waals surface area contributed by atoms with Crippen LogP contribution in [0.1, 0.15) is 11.4 Å². The predicted octanol–water partition coefficient (Wildman–Crippen LogP) is 3.26. The fourth-order valence-corrected chi connectivity index (χ4v) is 2.19. The van der Waals surface area contributed by atoms with Crippen LogP contribution in [0.15, 0.2) is 48.5 Å². The fourth-order valence-electron chi connectivity index (χ4n) is 2.19. The number of nitrogens with two attached hydrogens (primary N) is 1. The van der Waals surface area contributed by atoms with Gasteiger partial charge in [-0.25, -0.2) is 4.39 Å². The van der Waals surface area contributed by atoms with Crippen molar-refractivity contribution in [3.63, 3.8) is 0 Å². The molecule has 0 saturated heterocycles. The van der Waals surface area contributed by atoms with Crippen molar-refractivity contribution in [2.45, 2.75) is 13.5 Å². The average Bonchev–Trinajstić information content (AvgIpc) is 2.55. The molecule has 24 heavy (non-hydrogen) atoms. The van der Waals surface area contributed by atoms with Crippen molar-refractivity contribution >= 4 is 23.3 Å². The van der Waals surface area contributed by atoms with Gasteiger partial charge in [0.15, 0.2) is 5.82 Å². The van der Waals surface area contributed by atoms with E-state index < -0.39 is 0 Å². The second-order valence-electron chi connectivity index (χ2n) is 5.24. The van der Waals surface area contributed by atoms with Gasteiger partial charge in [0.1, 0.15) is 5.82 Å². The Kier molecular flexibility index (Phi) is 4.51. The molecule has 1 heterocycles. The molecule has 0 aliphatic carbocycles. The van der Waals surface area contributed by atoms with E-state index in [1.807, 2.05) is 31.2 Å². The molecule has 0 atom stereocenters. The summed E-state index contributed by atoms with van der Waals surface area (Å²) >= 11 is 0. The number of para-hydroxylation sites is 1. The van der Waals surface area contributed by atoms with E-state index in [-0.39, 0.29) is 11.8 Å². The van der Waals surface area contributed by atoms with Gasteiger partial charge < -0.3 is 16.4 Å². The number of benzene rings is 2. The summed E-state index contributed by atoms with van der Waals surface area (Å²) in [5.74, 6) is 0.643. The average molecular weight is 324 g/mol. The molecule has 2 aromatic carbocycles. The SMILES string of the molecule is Cc1ccccc1Nc1nc(N)nc(CNc2cccc(F)c2)n1. The van der Waals surface area contributed by atoms with E-state index in [0.717, 1.165) is 11.3 Å². The van der Waals surface area contributed by atoms with Crippen molar-refractivity contribution in [2.75, 3.05) is 16.4 Å². The molecule has 0 bridgehead atoms. The summed E-state index contributed by atoms with van der Waals surface area (Å²) in [6.45, 7) is 2.29. The second-order valence-corrected chi connectivity index (χ2v) is 5.24. The van der Waals surface area contributed by atoms with E-state index in [2.05, 4.69) is 25.6 Å². The molecule has 3 rings (SSSR count). The molecule has 0 aliphatic rings. The van der Waals surface area contributed by atoms with Gasteiger partial charge in [-0.2, -0.15) is 15.0 Å². The lowest BCUT2D eigenvalue weighted by atomic mass is 10.2. The minimum atomic E-state index is -0.308. The van der Waals surface area contributed by atoms with E-state index in [1.165, 1.54) is 12.1 Å². The lowest BCUT2D eigenvalue weighted by Crippen LogP contribution is -2.10. The van der Waals surface area contributed by atoms with Gasteiger partial charge in [0.25, 0.3) is 0 Å². The second kappa shape index (κ2) is 6.91. The molecular weight excluding hydrogens is 307 g/mol. The Labute approximate surface area is 139 Å². The third-order valence-electron chi connectivity index (χ3n) is 3.37. The minimum Gasteiger partial charge on any atom is -0.378 e. The van der Waals surface area contributed by atoms with E-state index >= 15 is 0 Å². The highest BCUT2D eigenvalue weighted by Crippen LogP contribution is 2.18. The smallest absolute Gasteiger partial charge is 0.232 e. The first kappa shape index (κ1) is 15.7. The lowest BCUT2D eigenvalue weighted by molar-refractivity contribution is 0.628. The van der Waals surface area contributed by atoms with Crippen molar-refractivity contribution in [3.05, 3.63) is 65.7 Å². The van der Waals surface area contributed by atoms with E-state index in [9.17, 15) is 4.39 Å². The summed E-state index contributed by atoms with van der Waals surface area (Å²) in [4.78, 5) is 12.5. The fraction of sp³-hybridized carbons (Fsp3) is 0.118. The number of nitrogen functional groups attached to an aromatic ring is 1. The van der Waals surface area contributed by atoms with E-state index in [4.69, 9.17) is 5.73 Å². The normalized spacial score (nSPS) is 10.4. The maximum absolute atomic E-state index is 13.2. The standard InChI is InChI=1S/C17H17FN6/c1-11-5-2-3-8-14(11)21-17-23-15(22-16(19)24-17)10-20-13-7-4-6-12(18)9-13/h2-9,20H,10H2,1H3,(H3,19,21,22,23,24). The first-order valence-corrected chi connectivity index (χ1v) is 7.43. The Morgan fingerprint density at radius 3 is 2.67 bits per heavy atom. The van der Waals surface area contributed by atoms with Crippen LogP contribution in [0.5, 0.6) is 0 Å². The third kappa shape index (κ3) is 3.95. The van der Waals surface area contributed by atoms with Gasteiger partial charge in [-0.3, -0.25) is 0 Å². The first-order valence-electron chi connectivity index (χ1n) is 7.43. The molecule has 7 heteroatoms. The van der Waals surface area contributed by atoms with Gasteiger partial charge in [-0.1, -0.05) is 24.3 Å². The Morgan fingerprint density at radius 2 is 1.88 bits per heavy atom. The van der Waals surface area contributed by atoms with Crippen molar-refractivity contribution in [2.24, 2.45) is 0 Å². The Morgan fingerprint density at radius 1 is 1.04 bits per heavy atom. The number of rotatable bonds is 5. The molecule has 4 N–H and O–H groups in total. The predicted molar refractivity (Wildman–Crippen MR) is 92.4 cm³/mol. The number of aromatic nitrogens is 3. The van der Waals surface area contributed by atoms with Crippen molar-refractivity contribution in [1.29, 1.82) is 0 Å². The van der Waals surface area contributed by atoms with E-state index in [0.29, 0.717) is 24.0 Å². The number of nitrogens with zero attached hydrogens (tertiary/aromatic N) is 3. The van der Waals surface area contributed by atoms with Crippen LogP contribution in [0, 0.1) is 12.7 Å². The lowest BCUT2D eigenvalue weighted by Gasteiger charge is -2.10. The molecular formula is C17H17FN6. The molecule has 6 nitrogen and oxygen atoms in total. The highest BCUT2D eigenvalue weighted by molar-refractivity contribution is 5.58. The molecule has 0 fully saturated rings. The maximum Gasteiger partial charge on any atom is 0.232 e.